The first-order valence-corrected chi connectivity index (χ1v) is 3.81. The number of primary amides is 1. The first-order chi connectivity index (χ1) is 5.70. The molecule has 0 aliphatic carbocycles. The van der Waals surface area contributed by atoms with Crippen LogP contribution in [0.25, 0.3) is 0 Å². The van der Waals surface area contributed by atoms with Crippen LogP contribution in [0.3, 0.4) is 0 Å². The van der Waals surface area contributed by atoms with Gasteiger partial charge in [-0.1, -0.05) is 18.2 Å². The number of rotatable bonds is 3. The van der Waals surface area contributed by atoms with Crippen molar-refractivity contribution >= 4 is 11.6 Å². The normalized spacial score (nSPS) is 12.1. The molecule has 3 nitrogen and oxygen atoms in total. The van der Waals surface area contributed by atoms with Crippen molar-refractivity contribution in [2.45, 2.75) is 13.0 Å². The Bertz CT molecular complexity index is 258. The molecule has 3 heteroatoms. The molecule has 1 aromatic rings. The van der Waals surface area contributed by atoms with Crippen molar-refractivity contribution in [3.63, 3.8) is 0 Å². The molecule has 12 heavy (non-hydrogen) atoms. The number of amides is 1. The zero-order chi connectivity index (χ0) is 8.97. The largest absolute Gasteiger partial charge is 0.374 e. The van der Waals surface area contributed by atoms with Gasteiger partial charge in [-0.15, -0.1) is 0 Å². The van der Waals surface area contributed by atoms with E-state index in [-0.39, 0.29) is 11.9 Å². The molecule has 0 aromatic heterocycles. The Morgan fingerprint density at radius 2 is 2.00 bits per heavy atom. The lowest BCUT2D eigenvalue weighted by Crippen LogP contribution is -2.32. The summed E-state index contributed by atoms with van der Waals surface area (Å²) in [7, 11) is 0. The van der Waals surface area contributed by atoms with E-state index in [4.69, 9.17) is 5.73 Å². The van der Waals surface area contributed by atoms with Gasteiger partial charge in [-0.3, -0.25) is 4.79 Å². The Morgan fingerprint density at radius 1 is 1.42 bits per heavy atom. The number of para-hydroxylation sites is 1. The number of hydrogen-bond acceptors (Lipinski definition) is 2. The summed E-state index contributed by atoms with van der Waals surface area (Å²) in [5, 5.41) is 2.97. The average Bonchev–Trinajstić information content (AvgIpc) is 2.06. The molecule has 0 saturated carbocycles. The maximum atomic E-state index is 10.7. The fourth-order valence-corrected chi connectivity index (χ4v) is 0.856. The van der Waals surface area contributed by atoms with Gasteiger partial charge in [-0.05, 0) is 19.1 Å². The smallest absolute Gasteiger partial charge is 0.239 e. The topological polar surface area (TPSA) is 55.1 Å². The summed E-state index contributed by atoms with van der Waals surface area (Å²) in [6.45, 7) is 1.73. The first-order valence-electron chi connectivity index (χ1n) is 3.81. The maximum Gasteiger partial charge on any atom is 0.239 e. The van der Waals surface area contributed by atoms with Crippen LogP contribution in [0.4, 0.5) is 5.69 Å². The molecule has 0 fully saturated rings. The molecule has 64 valence electrons. The van der Waals surface area contributed by atoms with Crippen LogP contribution in [0.15, 0.2) is 30.3 Å². The van der Waals surface area contributed by atoms with Crippen molar-refractivity contribution in [1.82, 2.24) is 0 Å². The van der Waals surface area contributed by atoms with E-state index in [2.05, 4.69) is 5.32 Å². The van der Waals surface area contributed by atoms with E-state index in [0.29, 0.717) is 0 Å². The highest BCUT2D eigenvalue weighted by molar-refractivity contribution is 5.82. The molecule has 0 aliphatic rings. The second kappa shape index (κ2) is 3.76. The third kappa shape index (κ3) is 2.27. The molecule has 0 spiro atoms. The SMILES string of the molecule is C[C@@H](Nc1ccccc1)C(N)=O. The minimum Gasteiger partial charge on any atom is -0.374 e. The van der Waals surface area contributed by atoms with Crippen LogP contribution in [0, 0.1) is 0 Å². The van der Waals surface area contributed by atoms with Crippen LogP contribution in [0.1, 0.15) is 6.92 Å². The highest BCUT2D eigenvalue weighted by Gasteiger charge is 2.06. The molecule has 0 radical (unpaired) electrons. The van der Waals surface area contributed by atoms with Gasteiger partial charge in [0.15, 0.2) is 0 Å². The van der Waals surface area contributed by atoms with Crippen molar-refractivity contribution in [3.05, 3.63) is 30.3 Å². The van der Waals surface area contributed by atoms with Crippen LogP contribution in [-0.4, -0.2) is 11.9 Å². The third-order valence-corrected chi connectivity index (χ3v) is 1.58. The minimum absolute atomic E-state index is 0.326. The van der Waals surface area contributed by atoms with Crippen molar-refractivity contribution in [1.29, 1.82) is 0 Å². The molecular formula is C9H12N2O. The van der Waals surface area contributed by atoms with E-state index in [1.165, 1.54) is 0 Å². The highest BCUT2D eigenvalue weighted by Crippen LogP contribution is 2.06. The lowest BCUT2D eigenvalue weighted by molar-refractivity contribution is -0.118. The van der Waals surface area contributed by atoms with Gasteiger partial charge in [0.05, 0.1) is 0 Å². The number of carbonyl (C=O) groups excluding carboxylic acids is 1. The van der Waals surface area contributed by atoms with Crippen LogP contribution in [0.5, 0.6) is 0 Å². The molecule has 1 amide bonds. The number of anilines is 1. The number of hydrogen-bond donors (Lipinski definition) is 2. The fourth-order valence-electron chi connectivity index (χ4n) is 0.856. The van der Waals surface area contributed by atoms with Crippen LogP contribution >= 0.6 is 0 Å². The molecule has 0 unspecified atom stereocenters. The molecule has 1 aromatic carbocycles. The summed E-state index contributed by atoms with van der Waals surface area (Å²) in [5.74, 6) is -0.348. The summed E-state index contributed by atoms with van der Waals surface area (Å²) < 4.78 is 0. The molecule has 0 aliphatic heterocycles. The van der Waals surface area contributed by atoms with E-state index >= 15 is 0 Å². The summed E-state index contributed by atoms with van der Waals surface area (Å²) in [6.07, 6.45) is 0. The van der Waals surface area contributed by atoms with Crippen molar-refractivity contribution in [3.8, 4) is 0 Å². The standard InChI is InChI=1S/C9H12N2O/c1-7(9(10)12)11-8-5-3-2-4-6-8/h2-7,11H,1H3,(H2,10,12)/t7-/m1/s1. The summed E-state index contributed by atoms with van der Waals surface area (Å²) >= 11 is 0. The summed E-state index contributed by atoms with van der Waals surface area (Å²) in [4.78, 5) is 10.7. The van der Waals surface area contributed by atoms with Crippen LogP contribution < -0.4 is 11.1 Å². The van der Waals surface area contributed by atoms with E-state index in [0.717, 1.165) is 5.69 Å². The van der Waals surface area contributed by atoms with Gasteiger partial charge in [0.1, 0.15) is 6.04 Å². The van der Waals surface area contributed by atoms with Crippen molar-refractivity contribution < 1.29 is 4.79 Å². The molecule has 1 rings (SSSR count). The molecule has 0 bridgehead atoms. The maximum absolute atomic E-state index is 10.7. The van der Waals surface area contributed by atoms with Gasteiger partial charge in [-0.2, -0.15) is 0 Å². The lowest BCUT2D eigenvalue weighted by Gasteiger charge is -2.10. The predicted molar refractivity (Wildman–Crippen MR) is 48.7 cm³/mol. The van der Waals surface area contributed by atoms with E-state index in [9.17, 15) is 4.79 Å². The Balaban J connectivity index is 2.58. The summed E-state index contributed by atoms with van der Waals surface area (Å²) in [6, 6.07) is 9.16. The van der Waals surface area contributed by atoms with Gasteiger partial charge >= 0.3 is 0 Å². The number of nitrogens with one attached hydrogen (secondary N) is 1. The second-order valence-electron chi connectivity index (χ2n) is 2.63. The van der Waals surface area contributed by atoms with Crippen molar-refractivity contribution in [2.75, 3.05) is 5.32 Å². The molecule has 3 N–H and O–H groups in total. The number of benzene rings is 1. The lowest BCUT2D eigenvalue weighted by atomic mass is 10.2. The van der Waals surface area contributed by atoms with Gasteiger partial charge in [-0.25, -0.2) is 0 Å². The molecule has 0 saturated heterocycles. The predicted octanol–water partition coefficient (Wildman–Crippen LogP) is 0.972. The quantitative estimate of drug-likeness (QED) is 0.699. The Kier molecular flexibility index (Phi) is 2.69. The van der Waals surface area contributed by atoms with E-state index in [1.807, 2.05) is 30.3 Å². The molecular weight excluding hydrogens is 152 g/mol. The Labute approximate surface area is 71.6 Å². The van der Waals surface area contributed by atoms with Gasteiger partial charge in [0.2, 0.25) is 5.91 Å². The zero-order valence-corrected chi connectivity index (χ0v) is 6.95. The van der Waals surface area contributed by atoms with Gasteiger partial charge < -0.3 is 11.1 Å². The number of carbonyl (C=O) groups is 1. The number of nitrogens with two attached hydrogens (primary N) is 1. The zero-order valence-electron chi connectivity index (χ0n) is 6.95. The average molecular weight is 164 g/mol. The van der Waals surface area contributed by atoms with Gasteiger partial charge in [0.25, 0.3) is 0 Å². The van der Waals surface area contributed by atoms with Gasteiger partial charge in [0, 0.05) is 5.69 Å². The van der Waals surface area contributed by atoms with E-state index in [1.54, 1.807) is 6.92 Å². The molecule has 1 atom stereocenters. The monoisotopic (exact) mass is 164 g/mol. The first kappa shape index (κ1) is 8.59. The third-order valence-electron chi connectivity index (χ3n) is 1.58. The Hall–Kier alpha value is -1.51. The fraction of sp³-hybridized carbons (Fsp3) is 0.222. The minimum atomic E-state index is -0.348. The van der Waals surface area contributed by atoms with Crippen molar-refractivity contribution in [2.24, 2.45) is 5.73 Å². The van der Waals surface area contributed by atoms with Crippen LogP contribution in [-0.2, 0) is 4.79 Å². The van der Waals surface area contributed by atoms with E-state index < -0.39 is 0 Å². The highest BCUT2D eigenvalue weighted by atomic mass is 16.1. The Morgan fingerprint density at radius 3 is 2.50 bits per heavy atom. The molecule has 0 heterocycles. The second-order valence-corrected chi connectivity index (χ2v) is 2.63. The summed E-state index contributed by atoms with van der Waals surface area (Å²) in [5.41, 5.74) is 5.99. The van der Waals surface area contributed by atoms with Crippen LogP contribution in [0.2, 0.25) is 0 Å².